The molecule has 2 amide bonds. The van der Waals surface area contributed by atoms with Crippen LogP contribution >= 0.6 is 46.4 Å². The molecule has 208 valence electrons. The summed E-state index contributed by atoms with van der Waals surface area (Å²) >= 11 is 24.6. The van der Waals surface area contributed by atoms with Crippen molar-refractivity contribution in [2.75, 3.05) is 17.4 Å². The Morgan fingerprint density at radius 3 is 2.13 bits per heavy atom. The Morgan fingerprint density at radius 2 is 1.54 bits per heavy atom. The Bertz CT molecular complexity index is 1420. The number of carbonyl (C=O) groups excluding carboxylic acids is 2. The highest BCUT2D eigenvalue weighted by molar-refractivity contribution is 7.92. The molecule has 0 spiro atoms. The third-order valence-electron chi connectivity index (χ3n) is 5.80. The van der Waals surface area contributed by atoms with Crippen molar-refractivity contribution in [1.29, 1.82) is 0 Å². The van der Waals surface area contributed by atoms with Gasteiger partial charge in [-0.3, -0.25) is 13.9 Å². The van der Waals surface area contributed by atoms with Crippen LogP contribution < -0.4 is 9.62 Å². The average molecular weight is 631 g/mol. The number of sulfonamides is 1. The number of hydrogen-bond donors (Lipinski definition) is 1. The fraction of sp³-hybridized carbons (Fsp3) is 0.259. The number of anilines is 1. The summed E-state index contributed by atoms with van der Waals surface area (Å²) in [7, 11) is -4.23. The van der Waals surface area contributed by atoms with Crippen LogP contribution in [0.3, 0.4) is 0 Å². The van der Waals surface area contributed by atoms with Crippen molar-refractivity contribution in [2.45, 2.75) is 37.8 Å². The van der Waals surface area contributed by atoms with Crippen LogP contribution in [0.15, 0.2) is 71.6 Å². The van der Waals surface area contributed by atoms with E-state index in [0.717, 1.165) is 4.31 Å². The Balaban J connectivity index is 2.05. The summed E-state index contributed by atoms with van der Waals surface area (Å²) in [5, 5.41) is 3.79. The predicted molar refractivity (Wildman–Crippen MR) is 157 cm³/mol. The van der Waals surface area contributed by atoms with Gasteiger partial charge in [-0.15, -0.1) is 0 Å². The lowest BCUT2D eigenvalue weighted by atomic mass is 10.1. The molecule has 7 nitrogen and oxygen atoms in total. The zero-order valence-corrected chi connectivity index (χ0v) is 25.0. The summed E-state index contributed by atoms with van der Waals surface area (Å²) in [5.74, 6) is -1.01. The molecule has 0 saturated heterocycles. The molecule has 39 heavy (non-hydrogen) atoms. The molecule has 1 N–H and O–H groups in total. The Labute approximate surface area is 248 Å². The molecule has 3 rings (SSSR count). The van der Waals surface area contributed by atoms with Gasteiger partial charge in [0.25, 0.3) is 10.0 Å². The molecular weight excluding hydrogens is 604 g/mol. The van der Waals surface area contributed by atoms with Gasteiger partial charge in [0.05, 0.1) is 20.6 Å². The summed E-state index contributed by atoms with van der Waals surface area (Å²) < 4.78 is 28.4. The number of nitrogens with zero attached hydrogens (tertiary/aromatic N) is 2. The molecule has 0 radical (unpaired) electrons. The van der Waals surface area contributed by atoms with Gasteiger partial charge in [0.1, 0.15) is 12.6 Å². The van der Waals surface area contributed by atoms with Gasteiger partial charge in [-0.25, -0.2) is 8.42 Å². The van der Waals surface area contributed by atoms with E-state index in [-0.39, 0.29) is 38.1 Å². The van der Waals surface area contributed by atoms with Crippen molar-refractivity contribution in [3.8, 4) is 0 Å². The van der Waals surface area contributed by atoms with E-state index < -0.39 is 28.5 Å². The zero-order valence-electron chi connectivity index (χ0n) is 21.2. The maximum absolute atomic E-state index is 13.9. The zero-order chi connectivity index (χ0) is 28.7. The van der Waals surface area contributed by atoms with E-state index in [0.29, 0.717) is 23.6 Å². The summed E-state index contributed by atoms with van der Waals surface area (Å²) in [6, 6.07) is 15.9. The molecule has 0 saturated carbocycles. The lowest BCUT2D eigenvalue weighted by Crippen LogP contribution is -2.51. The van der Waals surface area contributed by atoms with Gasteiger partial charge in [0, 0.05) is 23.1 Å². The molecule has 12 heteroatoms. The van der Waals surface area contributed by atoms with Crippen LogP contribution in [0.2, 0.25) is 20.1 Å². The lowest BCUT2D eigenvalue weighted by Gasteiger charge is -2.32. The second-order valence-electron chi connectivity index (χ2n) is 8.69. The van der Waals surface area contributed by atoms with E-state index in [1.807, 2.05) is 6.92 Å². The second kappa shape index (κ2) is 13.7. The highest BCUT2D eigenvalue weighted by atomic mass is 35.5. The second-order valence-corrected chi connectivity index (χ2v) is 12.2. The number of rotatable bonds is 11. The summed E-state index contributed by atoms with van der Waals surface area (Å²) in [6.45, 7) is 3.26. The summed E-state index contributed by atoms with van der Waals surface area (Å²) in [6.07, 6.45) is 0.706. The highest BCUT2D eigenvalue weighted by Crippen LogP contribution is 2.30. The first-order valence-corrected chi connectivity index (χ1v) is 14.9. The Hall–Kier alpha value is -2.49. The van der Waals surface area contributed by atoms with Crippen LogP contribution in [0.5, 0.6) is 0 Å². The van der Waals surface area contributed by atoms with Crippen molar-refractivity contribution < 1.29 is 18.0 Å². The van der Waals surface area contributed by atoms with Crippen LogP contribution in [0.25, 0.3) is 0 Å². The van der Waals surface area contributed by atoms with Gasteiger partial charge in [-0.1, -0.05) is 77.6 Å². The SMILES string of the molecule is CCCNC(=O)[C@H](C)N(Cc1ccc(Cl)c(Cl)c1)C(=O)CN(c1cc(Cl)cc(Cl)c1)S(=O)(=O)c1ccccc1. The van der Waals surface area contributed by atoms with Gasteiger partial charge in [-0.2, -0.15) is 0 Å². The molecule has 0 heterocycles. The fourth-order valence-corrected chi connectivity index (χ4v) is 6.00. The first-order valence-electron chi connectivity index (χ1n) is 12.0. The van der Waals surface area contributed by atoms with Gasteiger partial charge in [0.15, 0.2) is 0 Å². The van der Waals surface area contributed by atoms with Crippen molar-refractivity contribution in [1.82, 2.24) is 10.2 Å². The predicted octanol–water partition coefficient (Wildman–Crippen LogP) is 6.44. The number of benzene rings is 3. The topological polar surface area (TPSA) is 86.8 Å². The molecule has 0 aliphatic carbocycles. The van der Waals surface area contributed by atoms with Crippen LogP contribution in [0.1, 0.15) is 25.8 Å². The normalized spacial score (nSPS) is 12.1. The molecule has 0 fully saturated rings. The first kappa shape index (κ1) is 31.0. The van der Waals surface area contributed by atoms with Crippen LogP contribution in [0.4, 0.5) is 5.69 Å². The minimum absolute atomic E-state index is 0.0219. The summed E-state index contributed by atoms with van der Waals surface area (Å²) in [4.78, 5) is 28.0. The number of hydrogen-bond acceptors (Lipinski definition) is 4. The van der Waals surface area contributed by atoms with E-state index in [1.165, 1.54) is 35.2 Å². The number of nitrogens with one attached hydrogen (secondary N) is 1. The van der Waals surface area contributed by atoms with E-state index >= 15 is 0 Å². The summed E-state index contributed by atoms with van der Waals surface area (Å²) in [5.41, 5.74) is 0.707. The molecule has 0 bridgehead atoms. The van der Waals surface area contributed by atoms with E-state index in [1.54, 1.807) is 43.3 Å². The van der Waals surface area contributed by atoms with Crippen molar-refractivity contribution in [3.63, 3.8) is 0 Å². The van der Waals surface area contributed by atoms with E-state index in [2.05, 4.69) is 5.32 Å². The quantitative estimate of drug-likeness (QED) is 0.264. The molecule has 1 atom stereocenters. The molecular formula is C27H27Cl4N3O4S. The molecule has 3 aromatic rings. The van der Waals surface area contributed by atoms with Crippen LogP contribution in [-0.4, -0.2) is 44.3 Å². The first-order chi connectivity index (χ1) is 18.4. The molecule has 0 unspecified atom stereocenters. The molecule has 3 aromatic carbocycles. The van der Waals surface area contributed by atoms with Gasteiger partial charge in [-0.05, 0) is 61.4 Å². The highest BCUT2D eigenvalue weighted by Gasteiger charge is 2.32. The van der Waals surface area contributed by atoms with Gasteiger partial charge >= 0.3 is 0 Å². The molecule has 0 aromatic heterocycles. The smallest absolute Gasteiger partial charge is 0.264 e. The standard InChI is InChI=1S/C27H27Cl4N3O4S/c1-3-11-32-27(36)18(2)33(16-19-9-10-24(30)25(31)12-19)26(35)17-34(22-14-20(28)13-21(29)15-22)39(37,38)23-7-5-4-6-8-23/h4-10,12-15,18H,3,11,16-17H2,1-2H3,(H,32,36)/t18-/m0/s1. The maximum Gasteiger partial charge on any atom is 0.264 e. The van der Waals surface area contributed by atoms with Crippen LogP contribution in [-0.2, 0) is 26.2 Å². The van der Waals surface area contributed by atoms with Gasteiger partial charge in [0.2, 0.25) is 11.8 Å². The Morgan fingerprint density at radius 1 is 0.897 bits per heavy atom. The Kier molecular flexibility index (Phi) is 10.9. The lowest BCUT2D eigenvalue weighted by molar-refractivity contribution is -0.139. The van der Waals surface area contributed by atoms with E-state index in [9.17, 15) is 18.0 Å². The minimum atomic E-state index is -4.23. The largest absolute Gasteiger partial charge is 0.354 e. The van der Waals surface area contributed by atoms with Crippen LogP contribution in [0, 0.1) is 0 Å². The minimum Gasteiger partial charge on any atom is -0.354 e. The maximum atomic E-state index is 13.9. The van der Waals surface area contributed by atoms with Crippen molar-refractivity contribution >= 4 is 73.9 Å². The third-order valence-corrected chi connectivity index (χ3v) is 8.76. The third kappa shape index (κ3) is 8.02. The van der Waals surface area contributed by atoms with Crippen molar-refractivity contribution in [2.24, 2.45) is 0 Å². The monoisotopic (exact) mass is 629 g/mol. The van der Waals surface area contributed by atoms with Gasteiger partial charge < -0.3 is 10.2 Å². The molecule has 0 aliphatic heterocycles. The number of carbonyl (C=O) groups is 2. The average Bonchev–Trinajstić information content (AvgIpc) is 2.90. The number of halogens is 4. The van der Waals surface area contributed by atoms with E-state index in [4.69, 9.17) is 46.4 Å². The number of amides is 2. The molecule has 0 aliphatic rings. The van der Waals surface area contributed by atoms with Crippen molar-refractivity contribution in [3.05, 3.63) is 92.4 Å². The fourth-order valence-electron chi connectivity index (χ4n) is 3.74.